The number of hydrogen-bond acceptors (Lipinski definition) is 4. The van der Waals surface area contributed by atoms with E-state index in [2.05, 4.69) is 27.8 Å². The van der Waals surface area contributed by atoms with Gasteiger partial charge in [-0.15, -0.1) is 10.2 Å². The van der Waals surface area contributed by atoms with Crippen LogP contribution in [0.25, 0.3) is 22.1 Å². The summed E-state index contributed by atoms with van der Waals surface area (Å²) in [5, 5.41) is 13.0. The molecule has 0 amide bonds. The predicted octanol–water partition coefficient (Wildman–Crippen LogP) is 8.36. The molecular weight excluding hydrogens is 483 g/mol. The lowest BCUT2D eigenvalue weighted by molar-refractivity contribution is 0.440. The number of allylic oxidation sites excluding steroid dienone is 4. The van der Waals surface area contributed by atoms with Gasteiger partial charge in [-0.3, -0.25) is 0 Å². The number of aromatic nitrogens is 4. The van der Waals surface area contributed by atoms with E-state index >= 15 is 0 Å². The third-order valence-corrected chi connectivity index (χ3v) is 8.20. The molecule has 1 saturated carbocycles. The molecule has 32 heavy (non-hydrogen) atoms. The van der Waals surface area contributed by atoms with Crippen LogP contribution in [-0.4, -0.2) is 19.7 Å². The van der Waals surface area contributed by atoms with E-state index in [1.165, 1.54) is 32.1 Å². The highest BCUT2D eigenvalue weighted by Crippen LogP contribution is 2.41. The van der Waals surface area contributed by atoms with E-state index in [-0.39, 0.29) is 6.04 Å². The molecule has 1 atom stereocenters. The summed E-state index contributed by atoms with van der Waals surface area (Å²) in [5.74, 6) is 1.32. The SMILES string of the molecule is Cc1c(-c2nnc(C3CCCCC3)s2)nc(-c2ccc(Cl)cc2Cl)n1C1C=CC(Cl)=CC1. The van der Waals surface area contributed by atoms with E-state index in [1.54, 1.807) is 17.4 Å². The van der Waals surface area contributed by atoms with Crippen LogP contribution in [0.4, 0.5) is 0 Å². The second-order valence-electron chi connectivity index (χ2n) is 8.40. The summed E-state index contributed by atoms with van der Waals surface area (Å²) >= 11 is 20.6. The topological polar surface area (TPSA) is 43.6 Å². The van der Waals surface area contributed by atoms with Crippen molar-refractivity contribution in [2.24, 2.45) is 0 Å². The molecular formula is C24H23Cl3N4S. The monoisotopic (exact) mass is 504 g/mol. The summed E-state index contributed by atoms with van der Waals surface area (Å²) < 4.78 is 2.22. The molecule has 2 aliphatic rings. The Morgan fingerprint density at radius 2 is 1.88 bits per heavy atom. The summed E-state index contributed by atoms with van der Waals surface area (Å²) in [6.07, 6.45) is 13.1. The Bertz CT molecular complexity index is 1200. The normalized spacial score (nSPS) is 19.4. The molecule has 2 aromatic heterocycles. The minimum absolute atomic E-state index is 0.0891. The van der Waals surface area contributed by atoms with E-state index in [0.717, 1.165) is 44.2 Å². The van der Waals surface area contributed by atoms with E-state index < -0.39 is 0 Å². The molecule has 1 unspecified atom stereocenters. The molecule has 4 nitrogen and oxygen atoms in total. The first kappa shape index (κ1) is 22.1. The highest BCUT2D eigenvalue weighted by Gasteiger charge is 2.26. The lowest BCUT2D eigenvalue weighted by Crippen LogP contribution is -2.11. The van der Waals surface area contributed by atoms with Gasteiger partial charge in [-0.25, -0.2) is 4.98 Å². The molecule has 1 aromatic carbocycles. The van der Waals surface area contributed by atoms with Crippen molar-refractivity contribution in [1.82, 2.24) is 19.7 Å². The van der Waals surface area contributed by atoms with Gasteiger partial charge in [0.1, 0.15) is 16.5 Å². The predicted molar refractivity (Wildman–Crippen MR) is 134 cm³/mol. The van der Waals surface area contributed by atoms with E-state index in [4.69, 9.17) is 39.8 Å². The first-order chi connectivity index (χ1) is 15.5. The smallest absolute Gasteiger partial charge is 0.168 e. The van der Waals surface area contributed by atoms with Gasteiger partial charge in [0, 0.05) is 27.2 Å². The van der Waals surface area contributed by atoms with Crippen LogP contribution in [0, 0.1) is 6.92 Å². The van der Waals surface area contributed by atoms with Crippen LogP contribution >= 0.6 is 46.1 Å². The fraction of sp³-hybridized carbons (Fsp3) is 0.375. The number of rotatable bonds is 4. The van der Waals surface area contributed by atoms with Gasteiger partial charge < -0.3 is 4.57 Å². The van der Waals surface area contributed by atoms with Gasteiger partial charge >= 0.3 is 0 Å². The lowest BCUT2D eigenvalue weighted by Gasteiger charge is -2.21. The second kappa shape index (κ2) is 9.30. The second-order valence-corrected chi connectivity index (χ2v) is 10.7. The number of hydrogen-bond donors (Lipinski definition) is 0. The zero-order valence-corrected chi connectivity index (χ0v) is 20.8. The molecule has 3 aromatic rings. The first-order valence-electron chi connectivity index (χ1n) is 10.9. The number of halogens is 3. The summed E-state index contributed by atoms with van der Waals surface area (Å²) in [6.45, 7) is 2.09. The van der Waals surface area contributed by atoms with Gasteiger partial charge in [-0.2, -0.15) is 0 Å². The lowest BCUT2D eigenvalue weighted by atomic mass is 9.90. The minimum Gasteiger partial charge on any atom is -0.320 e. The quantitative estimate of drug-likeness (QED) is 0.358. The molecule has 2 aliphatic carbocycles. The minimum atomic E-state index is 0.0891. The molecule has 8 heteroatoms. The summed E-state index contributed by atoms with van der Waals surface area (Å²) in [4.78, 5) is 5.05. The maximum atomic E-state index is 6.60. The van der Waals surface area contributed by atoms with Gasteiger partial charge in [-0.1, -0.05) is 77.6 Å². The standard InChI is InChI=1S/C24H23Cl3N4S/c1-14-21(24-30-29-23(32-24)15-5-3-2-4-6-15)28-22(19-12-9-17(26)13-20(19)27)31(14)18-10-7-16(25)8-11-18/h7-10,12-13,15,18H,2-6,11H2,1H3. The average molecular weight is 506 g/mol. The molecule has 0 spiro atoms. The molecule has 0 radical (unpaired) electrons. The van der Waals surface area contributed by atoms with Crippen LogP contribution < -0.4 is 0 Å². The third kappa shape index (κ3) is 4.28. The van der Waals surface area contributed by atoms with Crippen molar-refractivity contribution in [2.45, 2.75) is 57.4 Å². The highest BCUT2D eigenvalue weighted by atomic mass is 35.5. The van der Waals surface area contributed by atoms with Crippen molar-refractivity contribution in [1.29, 1.82) is 0 Å². The summed E-state index contributed by atoms with van der Waals surface area (Å²) in [5.41, 5.74) is 2.74. The number of nitrogens with zero attached hydrogens (tertiary/aromatic N) is 4. The first-order valence-corrected chi connectivity index (χ1v) is 12.9. The molecule has 0 aliphatic heterocycles. The van der Waals surface area contributed by atoms with Gasteiger partial charge in [0.25, 0.3) is 0 Å². The van der Waals surface area contributed by atoms with E-state index in [9.17, 15) is 0 Å². The average Bonchev–Trinajstić information content (AvgIpc) is 3.40. The maximum Gasteiger partial charge on any atom is 0.168 e. The molecule has 166 valence electrons. The molecule has 1 fully saturated rings. The van der Waals surface area contributed by atoms with Crippen molar-refractivity contribution in [3.8, 4) is 22.1 Å². The zero-order chi connectivity index (χ0) is 22.2. The highest BCUT2D eigenvalue weighted by molar-refractivity contribution is 7.14. The van der Waals surface area contributed by atoms with Gasteiger partial charge in [0.2, 0.25) is 0 Å². The maximum absolute atomic E-state index is 6.60. The fourth-order valence-corrected chi connectivity index (χ4v) is 6.31. The van der Waals surface area contributed by atoms with Crippen LogP contribution in [0.1, 0.15) is 61.2 Å². The Labute approximate surface area is 206 Å². The van der Waals surface area contributed by atoms with Gasteiger partial charge in [-0.05, 0) is 50.5 Å². The fourth-order valence-electron chi connectivity index (χ4n) is 4.60. The van der Waals surface area contributed by atoms with Crippen molar-refractivity contribution in [3.05, 3.63) is 62.2 Å². The largest absolute Gasteiger partial charge is 0.320 e. The van der Waals surface area contributed by atoms with Crippen LogP contribution in [-0.2, 0) is 0 Å². The van der Waals surface area contributed by atoms with Crippen LogP contribution in [0.3, 0.4) is 0 Å². The van der Waals surface area contributed by atoms with Crippen LogP contribution in [0.15, 0.2) is 41.5 Å². The Kier molecular flexibility index (Phi) is 6.44. The van der Waals surface area contributed by atoms with Crippen molar-refractivity contribution < 1.29 is 0 Å². The Balaban J connectivity index is 1.60. The van der Waals surface area contributed by atoms with Gasteiger partial charge in [0.05, 0.1) is 11.1 Å². The molecule has 5 rings (SSSR count). The molecule has 2 heterocycles. The molecule has 0 saturated heterocycles. The summed E-state index contributed by atoms with van der Waals surface area (Å²) in [7, 11) is 0. The molecule has 0 bridgehead atoms. The Morgan fingerprint density at radius 1 is 1.06 bits per heavy atom. The van der Waals surface area contributed by atoms with Crippen molar-refractivity contribution >= 4 is 46.1 Å². The summed E-state index contributed by atoms with van der Waals surface area (Å²) in [6, 6.07) is 5.62. The van der Waals surface area contributed by atoms with E-state index in [0.29, 0.717) is 16.0 Å². The van der Waals surface area contributed by atoms with Crippen LogP contribution in [0.5, 0.6) is 0 Å². The van der Waals surface area contributed by atoms with Crippen molar-refractivity contribution in [2.75, 3.05) is 0 Å². The Hall–Kier alpha value is -1.66. The van der Waals surface area contributed by atoms with E-state index in [1.807, 2.05) is 24.3 Å². The van der Waals surface area contributed by atoms with Gasteiger partial charge in [0.15, 0.2) is 5.01 Å². The third-order valence-electron chi connectivity index (χ3n) is 6.28. The number of imidazole rings is 1. The number of benzene rings is 1. The van der Waals surface area contributed by atoms with Crippen molar-refractivity contribution in [3.63, 3.8) is 0 Å². The van der Waals surface area contributed by atoms with Crippen LogP contribution in [0.2, 0.25) is 10.0 Å². The zero-order valence-electron chi connectivity index (χ0n) is 17.7. The Morgan fingerprint density at radius 3 is 2.59 bits per heavy atom. The molecule has 0 N–H and O–H groups in total.